The highest BCUT2D eigenvalue weighted by Crippen LogP contribution is 2.32. The number of carbonyl (C=O) groups excluding carboxylic acids is 1. The Bertz CT molecular complexity index is 718. The first-order valence-corrected chi connectivity index (χ1v) is 8.28. The summed E-state index contributed by atoms with van der Waals surface area (Å²) in [6.07, 6.45) is 1.54. The number of anilines is 1. The van der Waals surface area contributed by atoms with Crippen LogP contribution in [0.1, 0.15) is 12.8 Å². The van der Waals surface area contributed by atoms with Crippen LogP contribution in [0.3, 0.4) is 0 Å². The molecule has 132 valence electrons. The van der Waals surface area contributed by atoms with Gasteiger partial charge in [0.2, 0.25) is 0 Å². The van der Waals surface area contributed by atoms with E-state index in [1.807, 2.05) is 18.2 Å². The Labute approximate surface area is 146 Å². The predicted molar refractivity (Wildman–Crippen MR) is 93.5 cm³/mol. The zero-order chi connectivity index (χ0) is 17.6. The van der Waals surface area contributed by atoms with Gasteiger partial charge in [-0.05, 0) is 37.1 Å². The van der Waals surface area contributed by atoms with Gasteiger partial charge in [-0.15, -0.1) is 0 Å². The highest BCUT2D eigenvalue weighted by molar-refractivity contribution is 5.91. The molecule has 2 amide bonds. The summed E-state index contributed by atoms with van der Waals surface area (Å²) in [7, 11) is 1.71. The van der Waals surface area contributed by atoms with Gasteiger partial charge in [0.1, 0.15) is 11.4 Å². The van der Waals surface area contributed by atoms with E-state index < -0.39 is 5.82 Å². The van der Waals surface area contributed by atoms with E-state index in [2.05, 4.69) is 5.32 Å². The topological polar surface area (TPSA) is 50.8 Å². The van der Waals surface area contributed by atoms with Crippen LogP contribution in [-0.2, 0) is 4.74 Å². The Kier molecular flexibility index (Phi) is 5.50. The zero-order valence-corrected chi connectivity index (χ0v) is 14.1. The second kappa shape index (κ2) is 7.98. The first-order chi connectivity index (χ1) is 12.1. The van der Waals surface area contributed by atoms with Crippen molar-refractivity contribution in [1.82, 2.24) is 4.90 Å². The summed E-state index contributed by atoms with van der Waals surface area (Å²) in [6.45, 7) is 1.26. The molecule has 0 bridgehead atoms. The van der Waals surface area contributed by atoms with E-state index in [9.17, 15) is 9.18 Å². The van der Waals surface area contributed by atoms with Crippen molar-refractivity contribution in [2.24, 2.45) is 0 Å². The van der Waals surface area contributed by atoms with Gasteiger partial charge in [0.25, 0.3) is 0 Å². The van der Waals surface area contributed by atoms with Crippen LogP contribution in [0.15, 0.2) is 48.5 Å². The monoisotopic (exact) mass is 344 g/mol. The third-order valence-corrected chi connectivity index (χ3v) is 4.24. The molecule has 0 aliphatic carbocycles. The van der Waals surface area contributed by atoms with E-state index in [4.69, 9.17) is 9.47 Å². The Morgan fingerprint density at radius 3 is 2.60 bits per heavy atom. The maximum absolute atomic E-state index is 14.3. The molecule has 2 aromatic rings. The largest absolute Gasteiger partial charge is 0.455 e. The van der Waals surface area contributed by atoms with Crippen molar-refractivity contribution in [1.29, 1.82) is 0 Å². The van der Waals surface area contributed by atoms with Crippen molar-refractivity contribution in [3.63, 3.8) is 0 Å². The molecule has 25 heavy (non-hydrogen) atoms. The van der Waals surface area contributed by atoms with E-state index in [0.29, 0.717) is 19.0 Å². The number of para-hydroxylation sites is 2. The Hall–Kier alpha value is -2.60. The minimum atomic E-state index is -0.540. The molecule has 0 unspecified atom stereocenters. The first kappa shape index (κ1) is 17.2. The lowest BCUT2D eigenvalue weighted by molar-refractivity contribution is 0.0544. The summed E-state index contributed by atoms with van der Waals surface area (Å²) in [5.41, 5.74) is 0.0373. The van der Waals surface area contributed by atoms with Crippen LogP contribution < -0.4 is 10.1 Å². The minimum absolute atomic E-state index is 0.0373. The lowest BCUT2D eigenvalue weighted by Crippen LogP contribution is -2.43. The maximum Gasteiger partial charge on any atom is 0.322 e. The number of amides is 2. The summed E-state index contributed by atoms with van der Waals surface area (Å²) in [6, 6.07) is 13.2. The molecule has 5 nitrogen and oxygen atoms in total. The van der Waals surface area contributed by atoms with Crippen LogP contribution in [0.2, 0.25) is 0 Å². The average Bonchev–Trinajstić information content (AvgIpc) is 2.65. The molecule has 3 rings (SSSR count). The van der Waals surface area contributed by atoms with Crippen LogP contribution in [-0.4, -0.2) is 37.2 Å². The van der Waals surface area contributed by atoms with E-state index in [1.165, 1.54) is 6.07 Å². The van der Waals surface area contributed by atoms with E-state index >= 15 is 0 Å². The fraction of sp³-hybridized carbons (Fsp3) is 0.316. The quantitative estimate of drug-likeness (QED) is 0.901. The first-order valence-electron chi connectivity index (χ1n) is 8.28. The van der Waals surface area contributed by atoms with Crippen LogP contribution >= 0.6 is 0 Å². The second-order valence-corrected chi connectivity index (χ2v) is 5.91. The molecule has 0 saturated carbocycles. The van der Waals surface area contributed by atoms with Crippen LogP contribution in [0, 0.1) is 5.82 Å². The van der Waals surface area contributed by atoms with Gasteiger partial charge in [-0.3, -0.25) is 0 Å². The Balaban J connectivity index is 1.75. The third-order valence-electron chi connectivity index (χ3n) is 4.24. The zero-order valence-electron chi connectivity index (χ0n) is 14.1. The van der Waals surface area contributed by atoms with Gasteiger partial charge in [-0.1, -0.05) is 24.3 Å². The molecule has 1 fully saturated rings. The highest BCUT2D eigenvalue weighted by Gasteiger charge is 2.24. The van der Waals surface area contributed by atoms with Gasteiger partial charge in [-0.25, -0.2) is 9.18 Å². The number of urea groups is 1. The molecule has 1 aliphatic heterocycles. The normalized spacial score (nSPS) is 14.8. The molecule has 1 aliphatic rings. The van der Waals surface area contributed by atoms with Gasteiger partial charge < -0.3 is 19.7 Å². The molecule has 6 heteroatoms. The smallest absolute Gasteiger partial charge is 0.322 e. The van der Waals surface area contributed by atoms with Crippen molar-refractivity contribution in [3.8, 4) is 11.5 Å². The fourth-order valence-electron chi connectivity index (χ4n) is 2.76. The molecular weight excluding hydrogens is 323 g/mol. The summed E-state index contributed by atoms with van der Waals surface area (Å²) < 4.78 is 25.3. The summed E-state index contributed by atoms with van der Waals surface area (Å²) in [5.74, 6) is 0.295. The number of ether oxygens (including phenoxy) is 2. The Morgan fingerprint density at radius 2 is 1.88 bits per heavy atom. The molecule has 0 radical (unpaired) electrons. The van der Waals surface area contributed by atoms with E-state index in [-0.39, 0.29) is 23.5 Å². The molecule has 0 aromatic heterocycles. The number of halogens is 1. The van der Waals surface area contributed by atoms with Gasteiger partial charge in [0.15, 0.2) is 11.6 Å². The van der Waals surface area contributed by atoms with Crippen molar-refractivity contribution in [3.05, 3.63) is 54.3 Å². The van der Waals surface area contributed by atoms with Gasteiger partial charge in [0, 0.05) is 26.3 Å². The van der Waals surface area contributed by atoms with E-state index in [0.717, 1.165) is 12.8 Å². The van der Waals surface area contributed by atoms with Gasteiger partial charge in [0.05, 0.1) is 0 Å². The van der Waals surface area contributed by atoms with Crippen molar-refractivity contribution in [2.75, 3.05) is 25.6 Å². The number of rotatable bonds is 4. The van der Waals surface area contributed by atoms with Crippen molar-refractivity contribution >= 4 is 11.7 Å². The molecule has 1 N–H and O–H groups in total. The number of nitrogens with one attached hydrogen (secondary N) is 1. The number of nitrogens with zero attached hydrogens (tertiary/aromatic N) is 1. The SMILES string of the molecule is CN(C(=O)Nc1c(F)cccc1Oc1ccccc1)C1CCOCC1. The standard InChI is InChI=1S/C19H21FN2O3/c1-22(14-10-12-24-13-11-14)19(23)21-18-16(20)8-5-9-17(18)25-15-6-3-2-4-7-15/h2-9,14H,10-13H2,1H3,(H,21,23). The number of hydrogen-bond donors (Lipinski definition) is 1. The average molecular weight is 344 g/mol. The van der Waals surface area contributed by atoms with Crippen LogP contribution in [0.5, 0.6) is 11.5 Å². The lowest BCUT2D eigenvalue weighted by Gasteiger charge is -2.31. The Morgan fingerprint density at radius 1 is 1.16 bits per heavy atom. The number of carbonyl (C=O) groups is 1. The molecule has 1 saturated heterocycles. The van der Waals surface area contributed by atoms with Crippen LogP contribution in [0.4, 0.5) is 14.9 Å². The second-order valence-electron chi connectivity index (χ2n) is 5.91. The lowest BCUT2D eigenvalue weighted by atomic mass is 10.1. The molecule has 2 aromatic carbocycles. The number of benzene rings is 2. The molecule has 0 spiro atoms. The van der Waals surface area contributed by atoms with Crippen LogP contribution in [0.25, 0.3) is 0 Å². The molecule has 1 heterocycles. The molecule has 0 atom stereocenters. The maximum atomic E-state index is 14.3. The van der Waals surface area contributed by atoms with Gasteiger partial charge >= 0.3 is 6.03 Å². The highest BCUT2D eigenvalue weighted by atomic mass is 19.1. The predicted octanol–water partition coefficient (Wildman–Crippen LogP) is 4.26. The fourth-order valence-corrected chi connectivity index (χ4v) is 2.76. The van der Waals surface area contributed by atoms with E-state index in [1.54, 1.807) is 36.2 Å². The molecular formula is C19H21FN2O3. The third kappa shape index (κ3) is 4.28. The van der Waals surface area contributed by atoms with Gasteiger partial charge in [-0.2, -0.15) is 0 Å². The van der Waals surface area contributed by atoms with Crippen molar-refractivity contribution < 1.29 is 18.7 Å². The number of hydrogen-bond acceptors (Lipinski definition) is 3. The summed E-state index contributed by atoms with van der Waals surface area (Å²) >= 11 is 0. The summed E-state index contributed by atoms with van der Waals surface area (Å²) in [4.78, 5) is 14.1. The van der Waals surface area contributed by atoms with Crippen molar-refractivity contribution in [2.45, 2.75) is 18.9 Å². The minimum Gasteiger partial charge on any atom is -0.455 e. The summed E-state index contributed by atoms with van der Waals surface area (Å²) in [5, 5.41) is 2.64.